The number of aliphatic hydroxyl groups is 8. The predicted octanol–water partition coefficient (Wildman–Crippen LogP) is 0.558. The summed E-state index contributed by atoms with van der Waals surface area (Å²) < 4.78 is 23.1. The van der Waals surface area contributed by atoms with Crippen LogP contribution in [0.4, 0.5) is 0 Å². The van der Waals surface area contributed by atoms with E-state index in [-0.39, 0.29) is 35.0 Å². The summed E-state index contributed by atoms with van der Waals surface area (Å²) in [5.41, 5.74) is -2.60. The fourth-order valence-electron chi connectivity index (χ4n) is 13.5. The van der Waals surface area contributed by atoms with Crippen LogP contribution in [0.2, 0.25) is 0 Å². The Bertz CT molecular complexity index is 1650. The molecule has 2 saturated heterocycles. The molecule has 16 heteroatoms. The first kappa shape index (κ1) is 44.0. The minimum Gasteiger partial charge on any atom is -0.479 e. The number of aliphatic carboxylic acids is 1. The van der Waals surface area contributed by atoms with Gasteiger partial charge in [0.15, 0.2) is 12.4 Å². The Morgan fingerprint density at radius 3 is 2.07 bits per heavy atom. The van der Waals surface area contributed by atoms with Gasteiger partial charge in [-0.2, -0.15) is 0 Å². The van der Waals surface area contributed by atoms with Gasteiger partial charge in [0.25, 0.3) is 0 Å². The van der Waals surface area contributed by atoms with Gasteiger partial charge >= 0.3 is 11.9 Å². The van der Waals surface area contributed by atoms with Crippen LogP contribution in [0.1, 0.15) is 99.3 Å². The van der Waals surface area contributed by atoms with Crippen LogP contribution >= 0.6 is 0 Å². The van der Waals surface area contributed by atoms with Crippen LogP contribution in [0.25, 0.3) is 0 Å². The van der Waals surface area contributed by atoms with Crippen LogP contribution < -0.4 is 0 Å². The summed E-state index contributed by atoms with van der Waals surface area (Å²) in [6, 6.07) is 0. The van der Waals surface area contributed by atoms with Crippen molar-refractivity contribution >= 4 is 18.2 Å². The molecule has 6 fully saturated rings. The molecule has 0 aromatic heterocycles. The van der Waals surface area contributed by atoms with Gasteiger partial charge in [-0.25, -0.2) is 4.79 Å². The highest BCUT2D eigenvalue weighted by Crippen LogP contribution is 2.76. The van der Waals surface area contributed by atoms with Crippen molar-refractivity contribution < 1.29 is 79.3 Å². The number of fused-ring (bicyclic) bond motifs is 7. The van der Waals surface area contributed by atoms with Gasteiger partial charge in [-0.05, 0) is 97.2 Å². The Labute approximate surface area is 338 Å². The minimum atomic E-state index is -1.93. The molecule has 2 heterocycles. The highest BCUT2D eigenvalue weighted by Gasteiger charge is 2.71. The van der Waals surface area contributed by atoms with E-state index in [9.17, 15) is 60.3 Å². The molecule has 0 amide bonds. The molecule has 4 saturated carbocycles. The number of carbonyl (C=O) groups excluding carboxylic acids is 2. The number of carboxylic acids is 1. The Morgan fingerprint density at radius 2 is 1.43 bits per heavy atom. The predicted molar refractivity (Wildman–Crippen MR) is 200 cm³/mol. The van der Waals surface area contributed by atoms with E-state index >= 15 is 0 Å². The third-order valence-corrected chi connectivity index (χ3v) is 17.1. The molecule has 2 aliphatic heterocycles. The molecule has 7 aliphatic rings. The van der Waals surface area contributed by atoms with Gasteiger partial charge in [-0.15, -0.1) is 0 Å². The summed E-state index contributed by atoms with van der Waals surface area (Å²) in [5.74, 6) is -2.70. The normalized spacial score (nSPS) is 53.8. The van der Waals surface area contributed by atoms with Crippen LogP contribution in [0.15, 0.2) is 11.6 Å². The third kappa shape index (κ3) is 6.29. The molecule has 5 aliphatic carbocycles. The number of hydrogen-bond donors (Lipinski definition) is 9. The van der Waals surface area contributed by atoms with Gasteiger partial charge in [0.2, 0.25) is 6.29 Å². The van der Waals surface area contributed by atoms with Crippen LogP contribution in [0, 0.1) is 50.2 Å². The second-order valence-corrected chi connectivity index (χ2v) is 20.5. The maximum atomic E-state index is 14.6. The fourth-order valence-corrected chi connectivity index (χ4v) is 13.5. The van der Waals surface area contributed by atoms with Crippen molar-refractivity contribution in [1.82, 2.24) is 0 Å². The summed E-state index contributed by atoms with van der Waals surface area (Å²) >= 11 is 0. The van der Waals surface area contributed by atoms with Gasteiger partial charge in [-0.1, -0.05) is 53.2 Å². The molecule has 328 valence electrons. The number of aliphatic hydroxyl groups excluding tert-OH is 8. The minimum absolute atomic E-state index is 0.0302. The van der Waals surface area contributed by atoms with Crippen molar-refractivity contribution in [3.05, 3.63) is 11.6 Å². The van der Waals surface area contributed by atoms with Gasteiger partial charge in [0.1, 0.15) is 49.0 Å². The average molecular weight is 825 g/mol. The lowest BCUT2D eigenvalue weighted by Crippen LogP contribution is -2.69. The van der Waals surface area contributed by atoms with Crippen molar-refractivity contribution in [1.29, 1.82) is 0 Å². The van der Waals surface area contributed by atoms with Crippen molar-refractivity contribution in [2.24, 2.45) is 50.2 Å². The molecule has 0 bridgehead atoms. The zero-order chi connectivity index (χ0) is 42.7. The maximum absolute atomic E-state index is 14.6. The molecule has 20 atom stereocenters. The molecule has 58 heavy (non-hydrogen) atoms. The molecule has 0 aromatic rings. The van der Waals surface area contributed by atoms with Gasteiger partial charge in [-0.3, -0.25) is 4.79 Å². The van der Waals surface area contributed by atoms with Gasteiger partial charge in [0, 0.05) is 0 Å². The zero-order valence-corrected chi connectivity index (χ0v) is 34.3. The summed E-state index contributed by atoms with van der Waals surface area (Å²) in [6.45, 7) is 12.1. The second kappa shape index (κ2) is 14.8. The number of hydrogen-bond acceptors (Lipinski definition) is 15. The smallest absolute Gasteiger partial charge is 0.335 e. The lowest BCUT2D eigenvalue weighted by molar-refractivity contribution is -0.332. The SMILES string of the molecule is CC1(C)CC[C@]2(C(=O)O[C@@H]3O[C@H](CO)[C@@H](O)[C@H](O)[C@H]3O)CC[C@]3(C)C(=CC[C@@H]4[C@@]5(C)C[C@H](O)[C@H](O[C@@H]6O[C@H](C(=O)O)[C@@H](O)[C@H](O)[C@H]6O)[C@@](C)(C=O)[C@@H]5CC[C@]43C)[C@@H]2C1. The largest absolute Gasteiger partial charge is 0.479 e. The molecule has 9 N–H and O–H groups in total. The van der Waals surface area contributed by atoms with E-state index < -0.39 is 114 Å². The van der Waals surface area contributed by atoms with Crippen molar-refractivity contribution in [2.45, 2.75) is 173 Å². The highest BCUT2D eigenvalue weighted by atomic mass is 16.7. The number of esters is 1. The van der Waals surface area contributed by atoms with E-state index in [1.807, 2.05) is 0 Å². The molecule has 0 aromatic carbocycles. The Balaban J connectivity index is 1.19. The quantitative estimate of drug-likeness (QED) is 0.0735. The van der Waals surface area contributed by atoms with Gasteiger partial charge < -0.3 is 69.7 Å². The Morgan fingerprint density at radius 1 is 0.793 bits per heavy atom. The average Bonchev–Trinajstić information content (AvgIpc) is 3.16. The van der Waals surface area contributed by atoms with Crippen LogP contribution in [-0.2, 0) is 33.3 Å². The van der Waals surface area contributed by atoms with Crippen LogP contribution in [-0.4, -0.2) is 144 Å². The molecule has 0 spiro atoms. The molecule has 16 nitrogen and oxygen atoms in total. The van der Waals surface area contributed by atoms with Crippen molar-refractivity contribution in [3.63, 3.8) is 0 Å². The topological polar surface area (TPSA) is 270 Å². The molecule has 0 radical (unpaired) electrons. The second-order valence-electron chi connectivity index (χ2n) is 20.5. The van der Waals surface area contributed by atoms with E-state index in [0.29, 0.717) is 44.9 Å². The van der Waals surface area contributed by atoms with E-state index in [1.54, 1.807) is 6.92 Å². The van der Waals surface area contributed by atoms with E-state index in [0.717, 1.165) is 12.7 Å². The zero-order valence-electron chi connectivity index (χ0n) is 34.3. The van der Waals surface area contributed by atoms with Crippen LogP contribution in [0.3, 0.4) is 0 Å². The number of ether oxygens (including phenoxy) is 4. The summed E-state index contributed by atoms with van der Waals surface area (Å²) in [7, 11) is 0. The molecule has 0 unspecified atom stereocenters. The number of aldehydes is 1. The first-order valence-electron chi connectivity index (χ1n) is 20.9. The molecular formula is C42H64O16. The molecular weight excluding hydrogens is 760 g/mol. The van der Waals surface area contributed by atoms with Crippen LogP contribution in [0.5, 0.6) is 0 Å². The summed E-state index contributed by atoms with van der Waals surface area (Å²) in [6.07, 6.45) is -11.4. The van der Waals surface area contributed by atoms with Gasteiger partial charge in [0.05, 0.1) is 29.6 Å². The monoisotopic (exact) mass is 824 g/mol. The number of carbonyl (C=O) groups is 3. The van der Waals surface area contributed by atoms with E-state index in [4.69, 9.17) is 18.9 Å². The van der Waals surface area contributed by atoms with Crippen molar-refractivity contribution in [3.8, 4) is 0 Å². The number of rotatable bonds is 7. The maximum Gasteiger partial charge on any atom is 0.335 e. The number of carboxylic acid groups (broad SMARTS) is 1. The standard InChI is InChI=1S/C42H64O16/c1-37(2)11-13-42(36(54)58-34-29(50)26(47)25(46)22(17-43)55-34)14-12-40(5)19(20(42)15-37)7-8-24-38(3)16-21(45)32(39(4,18-44)23(38)9-10-41(24,40)6)57-35-30(51)27(48)28(49)31(56-35)33(52)53/h7,18,20-32,34-35,43,45-51H,8-17H2,1-6H3,(H,52,53)/t20-,21-,22+,23+,24+,25+,26-,27-,28-,29+,30+,31-,32-,34-,35-,38-,39-,40+,41+,42-/m0/s1. The Hall–Kier alpha value is -2.09. The molecule has 7 rings (SSSR count). The Kier molecular flexibility index (Phi) is 11.2. The first-order valence-corrected chi connectivity index (χ1v) is 20.9. The van der Waals surface area contributed by atoms with E-state index in [2.05, 4.69) is 40.7 Å². The fraction of sp³-hybridized carbons (Fsp3) is 0.881. The van der Waals surface area contributed by atoms with E-state index in [1.165, 1.54) is 5.57 Å². The lowest BCUT2D eigenvalue weighted by Gasteiger charge is -2.71. The third-order valence-electron chi connectivity index (χ3n) is 17.1. The number of allylic oxidation sites excluding steroid dienone is 2. The first-order chi connectivity index (χ1) is 27.0. The highest BCUT2D eigenvalue weighted by molar-refractivity contribution is 5.79. The van der Waals surface area contributed by atoms with Crippen molar-refractivity contribution in [2.75, 3.05) is 6.61 Å². The summed E-state index contributed by atoms with van der Waals surface area (Å²) in [4.78, 5) is 39.7. The summed E-state index contributed by atoms with van der Waals surface area (Å²) in [5, 5.41) is 94.3. The lowest BCUT2D eigenvalue weighted by atomic mass is 9.33.